The lowest BCUT2D eigenvalue weighted by atomic mass is 9.95. The monoisotopic (exact) mass is 644 g/mol. The van der Waals surface area contributed by atoms with E-state index in [2.05, 4.69) is 120 Å². The smallest absolute Gasteiger partial charge is 0.261 e. The molecule has 0 N–H and O–H groups in total. The Morgan fingerprint density at radius 3 is 1.89 bits per heavy atom. The van der Waals surface area contributed by atoms with Crippen molar-refractivity contribution >= 4 is 18.7 Å². The third kappa shape index (κ3) is 9.42. The molecule has 1 heterocycles. The summed E-state index contributed by atoms with van der Waals surface area (Å²) in [6, 6.07) is 29.9. The van der Waals surface area contributed by atoms with Gasteiger partial charge in [-0.25, -0.2) is 0 Å². The summed E-state index contributed by atoms with van der Waals surface area (Å²) in [5.74, 6) is 0.347. The zero-order chi connectivity index (χ0) is 33.3. The molecule has 0 unspecified atom stereocenters. The molecule has 6 heteroatoms. The SMILES string of the molecule is COc1ccc(CO[C@@](C)(CC/C=C/CC[C@@]2(C)COC(C)(C)O2)CCO[Si](c2ccccc2)(c2ccccc2)C(C)(C)C)cc1. The van der Waals surface area contributed by atoms with Crippen LogP contribution in [0.15, 0.2) is 97.1 Å². The molecule has 1 fully saturated rings. The Morgan fingerprint density at radius 2 is 1.37 bits per heavy atom. The van der Waals surface area contributed by atoms with E-state index in [1.165, 1.54) is 10.4 Å². The highest BCUT2D eigenvalue weighted by molar-refractivity contribution is 6.99. The van der Waals surface area contributed by atoms with Gasteiger partial charge in [-0.15, -0.1) is 0 Å². The number of hydrogen-bond acceptors (Lipinski definition) is 5. The first-order chi connectivity index (χ1) is 21.8. The van der Waals surface area contributed by atoms with Gasteiger partial charge >= 0.3 is 0 Å². The third-order valence-electron chi connectivity index (χ3n) is 9.18. The average Bonchev–Trinajstić information content (AvgIpc) is 3.32. The summed E-state index contributed by atoms with van der Waals surface area (Å²) in [7, 11) is -0.939. The second-order valence-corrected chi connectivity index (χ2v) is 18.9. The molecule has 0 spiro atoms. The van der Waals surface area contributed by atoms with Gasteiger partial charge in [-0.3, -0.25) is 0 Å². The van der Waals surface area contributed by atoms with Gasteiger partial charge in [0.2, 0.25) is 0 Å². The van der Waals surface area contributed by atoms with Crippen molar-refractivity contribution in [1.82, 2.24) is 0 Å². The van der Waals surface area contributed by atoms with Crippen molar-refractivity contribution in [3.05, 3.63) is 103 Å². The normalized spacial score (nSPS) is 19.7. The van der Waals surface area contributed by atoms with Crippen LogP contribution in [0.5, 0.6) is 5.75 Å². The van der Waals surface area contributed by atoms with Crippen molar-refractivity contribution in [3.8, 4) is 5.75 Å². The topological polar surface area (TPSA) is 46.2 Å². The maximum atomic E-state index is 7.27. The minimum absolute atomic E-state index is 0.0707. The Morgan fingerprint density at radius 1 is 0.783 bits per heavy atom. The quantitative estimate of drug-likeness (QED) is 0.115. The van der Waals surface area contributed by atoms with Gasteiger partial charge < -0.3 is 23.4 Å². The highest BCUT2D eigenvalue weighted by atomic mass is 28.4. The minimum Gasteiger partial charge on any atom is -0.497 e. The van der Waals surface area contributed by atoms with E-state index >= 15 is 0 Å². The number of benzene rings is 3. The van der Waals surface area contributed by atoms with Crippen molar-refractivity contribution in [2.75, 3.05) is 20.3 Å². The first kappa shape index (κ1) is 36.1. The highest BCUT2D eigenvalue weighted by Gasteiger charge is 2.50. The van der Waals surface area contributed by atoms with Crippen LogP contribution in [0.25, 0.3) is 0 Å². The number of ether oxygens (including phenoxy) is 4. The molecule has 3 aromatic rings. The van der Waals surface area contributed by atoms with Crippen LogP contribution in [0.2, 0.25) is 5.04 Å². The second-order valence-electron chi connectivity index (χ2n) is 14.6. The molecule has 1 saturated heterocycles. The van der Waals surface area contributed by atoms with Gasteiger partial charge in [0.25, 0.3) is 8.32 Å². The summed E-state index contributed by atoms with van der Waals surface area (Å²) in [6.45, 7) is 17.1. The first-order valence-corrected chi connectivity index (χ1v) is 18.7. The zero-order valence-electron chi connectivity index (χ0n) is 29.4. The molecule has 4 rings (SSSR count). The van der Waals surface area contributed by atoms with E-state index in [4.69, 9.17) is 23.4 Å². The maximum Gasteiger partial charge on any atom is 0.261 e. The van der Waals surface area contributed by atoms with Gasteiger partial charge in [-0.1, -0.05) is 106 Å². The van der Waals surface area contributed by atoms with Crippen LogP contribution in [0.1, 0.15) is 86.1 Å². The van der Waals surface area contributed by atoms with Gasteiger partial charge in [0, 0.05) is 6.61 Å². The Balaban J connectivity index is 1.47. The molecule has 0 radical (unpaired) electrons. The lowest BCUT2D eigenvalue weighted by Crippen LogP contribution is -2.66. The van der Waals surface area contributed by atoms with Gasteiger partial charge in [0.15, 0.2) is 5.79 Å². The minimum atomic E-state index is -2.63. The molecule has 0 bridgehead atoms. The van der Waals surface area contributed by atoms with Gasteiger partial charge in [-0.2, -0.15) is 0 Å². The summed E-state index contributed by atoms with van der Waals surface area (Å²) < 4.78 is 31.3. The summed E-state index contributed by atoms with van der Waals surface area (Å²) in [6.07, 6.45) is 9.08. The Bertz CT molecular complexity index is 1330. The number of hydrogen-bond donors (Lipinski definition) is 0. The van der Waals surface area contributed by atoms with Crippen molar-refractivity contribution < 1.29 is 23.4 Å². The Hall–Kier alpha value is -2.74. The lowest BCUT2D eigenvalue weighted by molar-refractivity contribution is -0.158. The molecule has 1 aliphatic heterocycles. The van der Waals surface area contributed by atoms with Crippen LogP contribution >= 0.6 is 0 Å². The lowest BCUT2D eigenvalue weighted by Gasteiger charge is -2.43. The Labute approximate surface area is 279 Å². The Kier molecular flexibility index (Phi) is 12.1. The fourth-order valence-electron chi connectivity index (χ4n) is 6.55. The molecule has 2 atom stereocenters. The molecule has 1 aliphatic rings. The molecule has 5 nitrogen and oxygen atoms in total. The van der Waals surface area contributed by atoms with Crippen LogP contribution in [-0.4, -0.2) is 45.6 Å². The number of rotatable bonds is 16. The fourth-order valence-corrected chi connectivity index (χ4v) is 11.1. The number of allylic oxidation sites excluding steroid dienone is 2. The predicted octanol–water partition coefficient (Wildman–Crippen LogP) is 8.60. The second kappa shape index (κ2) is 15.4. The molecule has 0 aromatic heterocycles. The van der Waals surface area contributed by atoms with Crippen molar-refractivity contribution in [2.24, 2.45) is 0 Å². The molecule has 3 aromatic carbocycles. The van der Waals surface area contributed by atoms with E-state index in [0.717, 1.165) is 43.4 Å². The van der Waals surface area contributed by atoms with Gasteiger partial charge in [-0.05, 0) is 92.9 Å². The van der Waals surface area contributed by atoms with Crippen LogP contribution < -0.4 is 15.1 Å². The molecular weight excluding hydrogens is 589 g/mol. The highest BCUT2D eigenvalue weighted by Crippen LogP contribution is 2.38. The van der Waals surface area contributed by atoms with E-state index in [0.29, 0.717) is 19.8 Å². The van der Waals surface area contributed by atoms with Crippen molar-refractivity contribution in [2.45, 2.75) is 109 Å². The largest absolute Gasteiger partial charge is 0.497 e. The van der Waals surface area contributed by atoms with Crippen LogP contribution in [0.3, 0.4) is 0 Å². The van der Waals surface area contributed by atoms with E-state index in [1.54, 1.807) is 7.11 Å². The van der Waals surface area contributed by atoms with E-state index in [9.17, 15) is 0 Å². The van der Waals surface area contributed by atoms with Gasteiger partial charge in [0.05, 0.1) is 31.5 Å². The molecular formula is C40H56O5Si. The molecule has 0 aliphatic carbocycles. The average molecular weight is 645 g/mol. The van der Waals surface area contributed by atoms with Crippen LogP contribution in [-0.2, 0) is 25.2 Å². The van der Waals surface area contributed by atoms with Crippen molar-refractivity contribution in [3.63, 3.8) is 0 Å². The molecule has 250 valence electrons. The summed E-state index contributed by atoms with van der Waals surface area (Å²) in [5, 5.41) is 2.52. The fraction of sp³-hybridized carbons (Fsp3) is 0.500. The summed E-state index contributed by atoms with van der Waals surface area (Å²) in [5.41, 5.74) is 0.529. The van der Waals surface area contributed by atoms with Crippen LogP contribution in [0.4, 0.5) is 0 Å². The molecule has 46 heavy (non-hydrogen) atoms. The van der Waals surface area contributed by atoms with E-state index < -0.39 is 14.1 Å². The first-order valence-electron chi connectivity index (χ1n) is 16.8. The van der Waals surface area contributed by atoms with Crippen LogP contribution in [0, 0.1) is 0 Å². The van der Waals surface area contributed by atoms with Gasteiger partial charge in [0.1, 0.15) is 5.75 Å². The zero-order valence-corrected chi connectivity index (χ0v) is 30.4. The molecule has 0 amide bonds. The van der Waals surface area contributed by atoms with E-state index in [1.807, 2.05) is 26.0 Å². The van der Waals surface area contributed by atoms with E-state index in [-0.39, 0.29) is 16.2 Å². The standard InChI is InChI=1S/C40H56O5Si/c1-37(2,3)46(35-19-13-11-14-20-35,36-21-15-12-16-22-36)44-30-29-39(6,42-31-33-23-25-34(41-8)26-24-33)27-17-9-10-18-28-40(7)32-43-38(4,5)45-40/h9-16,19-26H,17-18,27-32H2,1-8H3/b10-9+/t39-,40-/m0/s1. The third-order valence-corrected chi connectivity index (χ3v) is 14.2. The number of methoxy groups -OCH3 is 1. The summed E-state index contributed by atoms with van der Waals surface area (Å²) >= 11 is 0. The summed E-state index contributed by atoms with van der Waals surface area (Å²) in [4.78, 5) is 0. The molecule has 0 saturated carbocycles. The predicted molar refractivity (Wildman–Crippen MR) is 192 cm³/mol. The van der Waals surface area contributed by atoms with Crippen molar-refractivity contribution in [1.29, 1.82) is 0 Å². The maximum absolute atomic E-state index is 7.27.